The highest BCUT2D eigenvalue weighted by atomic mass is 16.5. The van der Waals surface area contributed by atoms with Crippen LogP contribution in [0.2, 0.25) is 0 Å². The number of benzene rings is 1. The molecule has 62 valence electrons. The van der Waals surface area contributed by atoms with Gasteiger partial charge in [0.25, 0.3) is 0 Å². The summed E-state index contributed by atoms with van der Waals surface area (Å²) in [5, 5.41) is 0. The first-order valence-electron chi connectivity index (χ1n) is 4.05. The summed E-state index contributed by atoms with van der Waals surface area (Å²) >= 11 is 0. The predicted molar refractivity (Wildman–Crippen MR) is 47.5 cm³/mol. The molecule has 0 saturated carbocycles. The Labute approximate surface area is 72.9 Å². The van der Waals surface area contributed by atoms with Crippen LogP contribution in [0.5, 0.6) is 0 Å². The second-order valence-corrected chi connectivity index (χ2v) is 2.19. The molecule has 12 heavy (non-hydrogen) atoms. The molecule has 0 amide bonds. The van der Waals surface area contributed by atoms with Gasteiger partial charge in [-0.05, 0) is 11.6 Å². The van der Waals surface area contributed by atoms with Gasteiger partial charge in [-0.3, -0.25) is 0 Å². The molecule has 0 atom stereocenters. The molecule has 0 fully saturated rings. The number of esters is 1. The van der Waals surface area contributed by atoms with Crippen LogP contribution in [0.3, 0.4) is 0 Å². The molecule has 0 aliphatic carbocycles. The smallest absolute Gasteiger partial charge is 0.330 e. The standard InChI is InChI=1S/C10H10O2/c1-12-10(11)8-7-9-5-3-2-4-6-9/h2-8H,1H3/b8-7+/i8D. The van der Waals surface area contributed by atoms with Gasteiger partial charge in [0.05, 0.1) is 8.48 Å². The summed E-state index contributed by atoms with van der Waals surface area (Å²) < 4.78 is 11.7. The number of rotatable bonds is 2. The molecule has 0 bridgehead atoms. The third kappa shape index (κ3) is 2.58. The van der Waals surface area contributed by atoms with Crippen molar-refractivity contribution in [2.75, 3.05) is 7.11 Å². The Hall–Kier alpha value is -1.57. The van der Waals surface area contributed by atoms with Gasteiger partial charge in [-0.15, -0.1) is 0 Å². The molecule has 0 heterocycles. The normalized spacial score (nSPS) is 12.1. The van der Waals surface area contributed by atoms with E-state index in [1.807, 2.05) is 30.3 Å². The third-order valence-electron chi connectivity index (χ3n) is 1.34. The molecular formula is C10H10O2. The maximum absolute atomic E-state index is 10.8. The summed E-state index contributed by atoms with van der Waals surface area (Å²) in [5.74, 6) is -0.621. The zero-order valence-electron chi connectivity index (χ0n) is 7.78. The van der Waals surface area contributed by atoms with E-state index in [-0.39, 0.29) is 6.05 Å². The van der Waals surface area contributed by atoms with Gasteiger partial charge in [-0.2, -0.15) is 0 Å². The lowest BCUT2D eigenvalue weighted by atomic mass is 10.2. The van der Waals surface area contributed by atoms with Crippen LogP contribution < -0.4 is 0 Å². The van der Waals surface area contributed by atoms with Crippen molar-refractivity contribution in [1.29, 1.82) is 0 Å². The summed E-state index contributed by atoms with van der Waals surface area (Å²) in [6.45, 7) is 0. The number of hydrogen-bond acceptors (Lipinski definition) is 2. The maximum Gasteiger partial charge on any atom is 0.330 e. The second-order valence-electron chi connectivity index (χ2n) is 2.19. The van der Waals surface area contributed by atoms with Crippen molar-refractivity contribution >= 4 is 12.0 Å². The average molecular weight is 163 g/mol. The van der Waals surface area contributed by atoms with E-state index in [2.05, 4.69) is 4.74 Å². The SMILES string of the molecule is [2H]/C(=C\c1ccccc1)C(=O)OC. The minimum Gasteiger partial charge on any atom is -0.466 e. The number of methoxy groups -OCH3 is 1. The minimum absolute atomic E-state index is 0.145. The summed E-state index contributed by atoms with van der Waals surface area (Å²) in [6, 6.07) is 9.05. The van der Waals surface area contributed by atoms with Gasteiger partial charge in [0, 0.05) is 6.05 Å². The van der Waals surface area contributed by atoms with Crippen molar-refractivity contribution in [3.8, 4) is 0 Å². The van der Waals surface area contributed by atoms with E-state index >= 15 is 0 Å². The van der Waals surface area contributed by atoms with Gasteiger partial charge >= 0.3 is 5.97 Å². The van der Waals surface area contributed by atoms with E-state index in [9.17, 15) is 4.79 Å². The fraction of sp³-hybridized carbons (Fsp3) is 0.100. The van der Waals surface area contributed by atoms with Crippen LogP contribution in [0.25, 0.3) is 6.08 Å². The number of carbonyl (C=O) groups is 1. The topological polar surface area (TPSA) is 26.3 Å². The van der Waals surface area contributed by atoms with Crippen LogP contribution >= 0.6 is 0 Å². The Kier molecular flexibility index (Phi) is 2.57. The fourth-order valence-corrected chi connectivity index (χ4v) is 0.750. The fourth-order valence-electron chi connectivity index (χ4n) is 0.750. The molecular weight excluding hydrogens is 152 g/mol. The highest BCUT2D eigenvalue weighted by molar-refractivity contribution is 5.86. The highest BCUT2D eigenvalue weighted by Gasteiger charge is 1.89. The van der Waals surface area contributed by atoms with Crippen LogP contribution in [0.15, 0.2) is 36.4 Å². The van der Waals surface area contributed by atoms with Crippen molar-refractivity contribution < 1.29 is 10.9 Å². The molecule has 0 saturated heterocycles. The van der Waals surface area contributed by atoms with Crippen LogP contribution in [-0.4, -0.2) is 13.1 Å². The molecule has 0 N–H and O–H groups in total. The lowest BCUT2D eigenvalue weighted by Crippen LogP contribution is -1.92. The van der Waals surface area contributed by atoms with Crippen molar-refractivity contribution in [2.45, 2.75) is 0 Å². The summed E-state index contributed by atoms with van der Waals surface area (Å²) in [7, 11) is 1.26. The van der Waals surface area contributed by atoms with E-state index in [1.54, 1.807) is 0 Å². The Morgan fingerprint density at radius 3 is 2.75 bits per heavy atom. The monoisotopic (exact) mass is 163 g/mol. The van der Waals surface area contributed by atoms with E-state index in [4.69, 9.17) is 1.37 Å². The zero-order chi connectivity index (χ0) is 9.68. The highest BCUT2D eigenvalue weighted by Crippen LogP contribution is 2.00. The first kappa shape index (κ1) is 7.10. The van der Waals surface area contributed by atoms with E-state index in [0.717, 1.165) is 5.56 Å². The quantitative estimate of drug-likeness (QED) is 0.491. The summed E-state index contributed by atoms with van der Waals surface area (Å²) in [5.41, 5.74) is 0.818. The van der Waals surface area contributed by atoms with Crippen LogP contribution in [0.1, 0.15) is 6.93 Å². The Morgan fingerprint density at radius 1 is 1.50 bits per heavy atom. The molecule has 1 aromatic rings. The number of carbonyl (C=O) groups excluding carboxylic acids is 1. The van der Waals surface area contributed by atoms with E-state index < -0.39 is 5.97 Å². The van der Waals surface area contributed by atoms with E-state index in [1.165, 1.54) is 13.2 Å². The van der Waals surface area contributed by atoms with Crippen LogP contribution in [0.4, 0.5) is 0 Å². The molecule has 2 heteroatoms. The molecule has 2 nitrogen and oxygen atoms in total. The van der Waals surface area contributed by atoms with E-state index in [0.29, 0.717) is 0 Å². The minimum atomic E-state index is -0.621. The molecule has 0 aliphatic rings. The van der Waals surface area contributed by atoms with Gasteiger partial charge in [0.15, 0.2) is 0 Å². The Balaban J connectivity index is 2.83. The predicted octanol–water partition coefficient (Wildman–Crippen LogP) is 1.87. The number of ether oxygens (including phenoxy) is 1. The summed E-state index contributed by atoms with van der Waals surface area (Å²) in [4.78, 5) is 10.8. The van der Waals surface area contributed by atoms with Gasteiger partial charge in [-0.25, -0.2) is 4.79 Å². The Bertz CT molecular complexity index is 317. The van der Waals surface area contributed by atoms with Crippen molar-refractivity contribution in [3.63, 3.8) is 0 Å². The van der Waals surface area contributed by atoms with Gasteiger partial charge in [0.2, 0.25) is 0 Å². The number of hydrogen-bond donors (Lipinski definition) is 0. The summed E-state index contributed by atoms with van der Waals surface area (Å²) in [6.07, 6.45) is 1.46. The van der Waals surface area contributed by atoms with Crippen molar-refractivity contribution in [1.82, 2.24) is 0 Å². The molecule has 0 spiro atoms. The van der Waals surface area contributed by atoms with Crippen LogP contribution in [0, 0.1) is 0 Å². The second kappa shape index (κ2) is 4.34. The van der Waals surface area contributed by atoms with Gasteiger partial charge < -0.3 is 4.74 Å². The maximum atomic E-state index is 10.8. The first-order chi connectivity index (χ1) is 6.24. The molecule has 0 aromatic heterocycles. The van der Waals surface area contributed by atoms with Crippen molar-refractivity contribution in [3.05, 3.63) is 41.9 Å². The zero-order valence-corrected chi connectivity index (χ0v) is 6.78. The van der Waals surface area contributed by atoms with Crippen LogP contribution in [-0.2, 0) is 9.53 Å². The van der Waals surface area contributed by atoms with Gasteiger partial charge in [-0.1, -0.05) is 30.3 Å². The largest absolute Gasteiger partial charge is 0.466 e. The molecule has 0 unspecified atom stereocenters. The third-order valence-corrected chi connectivity index (χ3v) is 1.34. The lowest BCUT2D eigenvalue weighted by Gasteiger charge is -1.91. The average Bonchev–Trinajstić information content (AvgIpc) is 2.18. The van der Waals surface area contributed by atoms with Gasteiger partial charge in [0.1, 0.15) is 0 Å². The first-order valence-corrected chi connectivity index (χ1v) is 3.55. The molecule has 1 aromatic carbocycles. The molecule has 0 aliphatic heterocycles. The Morgan fingerprint density at radius 2 is 2.17 bits per heavy atom. The molecule has 0 radical (unpaired) electrons. The molecule has 1 rings (SSSR count). The lowest BCUT2D eigenvalue weighted by molar-refractivity contribution is -0.134. The van der Waals surface area contributed by atoms with Crippen molar-refractivity contribution in [2.24, 2.45) is 0 Å².